The molecule has 1 aromatic rings. The average Bonchev–Trinajstić information content (AvgIpc) is 2.93. The Morgan fingerprint density at radius 1 is 1.22 bits per heavy atom. The number of benzene rings is 1. The van der Waals surface area contributed by atoms with Crippen molar-refractivity contribution in [2.75, 3.05) is 6.61 Å². The van der Waals surface area contributed by atoms with E-state index < -0.39 is 17.7 Å². The van der Waals surface area contributed by atoms with E-state index in [1.54, 1.807) is 18.2 Å². The number of hydrogen-bond acceptors (Lipinski definition) is 5. The molecule has 1 heterocycles. The number of nitrogens with one attached hydrogen (secondary N) is 1. The van der Waals surface area contributed by atoms with E-state index in [9.17, 15) is 24.9 Å². The van der Waals surface area contributed by atoms with Gasteiger partial charge in [-0.2, -0.15) is 0 Å². The lowest BCUT2D eigenvalue weighted by Crippen LogP contribution is -2.31. The van der Waals surface area contributed by atoms with Gasteiger partial charge in [0.15, 0.2) is 5.78 Å². The normalized spacial score (nSPS) is 20.9. The number of aromatic hydroxyl groups is 1. The lowest BCUT2D eigenvalue weighted by atomic mass is 10.0. The van der Waals surface area contributed by atoms with Crippen LogP contribution < -0.4 is 5.32 Å². The molecule has 0 aromatic heterocycles. The number of phenols is 1. The molecular weight excluding hydrogens is 346 g/mol. The fourth-order valence-electron chi connectivity index (χ4n) is 2.86. The number of carbonyl (C=O) groups excluding carboxylic acids is 2. The van der Waals surface area contributed by atoms with Gasteiger partial charge in [0.25, 0.3) is 5.91 Å². The molecule has 2 rings (SSSR count). The molecule has 0 spiro atoms. The first kappa shape index (κ1) is 20.5. The van der Waals surface area contributed by atoms with E-state index in [1.807, 2.05) is 19.9 Å². The standard InChI is InChI=1S/C21H25NO5/c1-3-14(12-23)10-13(2)4-9-18(25)19-20(26)17(22-21(19)27)11-15-5-7-16(24)8-6-15/h4-10,14,17,23-25H,3,11-12H2,1-2H3,(H,22,27)/b9-4+,13-10+,19-18?/t14-,17+/m1/s1. The topological polar surface area (TPSA) is 107 Å². The molecule has 1 fully saturated rings. The highest BCUT2D eigenvalue weighted by Crippen LogP contribution is 2.20. The lowest BCUT2D eigenvalue weighted by molar-refractivity contribution is -0.117. The van der Waals surface area contributed by atoms with Crippen LogP contribution in [0.5, 0.6) is 5.75 Å². The third-order valence-electron chi connectivity index (χ3n) is 4.49. The fraction of sp³-hybridized carbons (Fsp3) is 0.333. The summed E-state index contributed by atoms with van der Waals surface area (Å²) in [4.78, 5) is 24.6. The first-order valence-electron chi connectivity index (χ1n) is 8.89. The van der Waals surface area contributed by atoms with Crippen molar-refractivity contribution in [3.63, 3.8) is 0 Å². The van der Waals surface area contributed by atoms with Gasteiger partial charge in [0.2, 0.25) is 0 Å². The second kappa shape index (κ2) is 9.19. The molecule has 0 radical (unpaired) electrons. The molecule has 6 heteroatoms. The van der Waals surface area contributed by atoms with Crippen molar-refractivity contribution < 1.29 is 24.9 Å². The Labute approximate surface area is 158 Å². The van der Waals surface area contributed by atoms with Crippen molar-refractivity contribution in [1.82, 2.24) is 5.32 Å². The molecule has 1 aliphatic heterocycles. The second-order valence-corrected chi connectivity index (χ2v) is 6.62. The summed E-state index contributed by atoms with van der Waals surface area (Å²) in [5.74, 6) is -1.29. The minimum atomic E-state index is -0.747. The van der Waals surface area contributed by atoms with Crippen LogP contribution in [0.15, 0.2) is 59.4 Å². The zero-order valence-electron chi connectivity index (χ0n) is 15.5. The lowest BCUT2D eigenvalue weighted by Gasteiger charge is -2.08. The highest BCUT2D eigenvalue weighted by molar-refractivity contribution is 6.27. The van der Waals surface area contributed by atoms with Crippen LogP contribution in [0, 0.1) is 5.92 Å². The van der Waals surface area contributed by atoms with E-state index in [-0.39, 0.29) is 36.0 Å². The summed E-state index contributed by atoms with van der Waals surface area (Å²) in [7, 11) is 0. The Morgan fingerprint density at radius 2 is 1.89 bits per heavy atom. The number of allylic oxidation sites excluding steroid dienone is 3. The maximum atomic E-state index is 12.5. The first-order chi connectivity index (χ1) is 12.8. The van der Waals surface area contributed by atoms with Crippen LogP contribution in [0.2, 0.25) is 0 Å². The fourth-order valence-corrected chi connectivity index (χ4v) is 2.86. The summed E-state index contributed by atoms with van der Waals surface area (Å²) >= 11 is 0. The van der Waals surface area contributed by atoms with E-state index in [1.165, 1.54) is 18.2 Å². The summed E-state index contributed by atoms with van der Waals surface area (Å²) < 4.78 is 0. The van der Waals surface area contributed by atoms with Crippen LogP contribution in [-0.2, 0) is 16.0 Å². The Bertz CT molecular complexity index is 785. The van der Waals surface area contributed by atoms with E-state index in [4.69, 9.17) is 0 Å². The van der Waals surface area contributed by atoms with Gasteiger partial charge >= 0.3 is 0 Å². The largest absolute Gasteiger partial charge is 0.508 e. The van der Waals surface area contributed by atoms with Crippen LogP contribution in [0.1, 0.15) is 25.8 Å². The van der Waals surface area contributed by atoms with Crippen molar-refractivity contribution in [2.24, 2.45) is 5.92 Å². The predicted octanol–water partition coefficient (Wildman–Crippen LogP) is 2.34. The zero-order chi connectivity index (χ0) is 20.0. The molecule has 2 atom stereocenters. The first-order valence-corrected chi connectivity index (χ1v) is 8.89. The molecule has 1 amide bonds. The summed E-state index contributed by atoms with van der Waals surface area (Å²) in [6.45, 7) is 3.81. The van der Waals surface area contributed by atoms with Crippen LogP contribution in [0.3, 0.4) is 0 Å². The Kier molecular flexibility index (Phi) is 6.96. The highest BCUT2D eigenvalue weighted by Gasteiger charge is 2.37. The average molecular weight is 371 g/mol. The van der Waals surface area contributed by atoms with Gasteiger partial charge < -0.3 is 20.6 Å². The summed E-state index contributed by atoms with van der Waals surface area (Å²) in [6.07, 6.45) is 5.87. The SMILES string of the molecule is CC[C@H](/C=C(C)/C=C/C(O)=C1C(=O)N[C@@H](Cc2ccc(O)cc2)C1=O)CO. The van der Waals surface area contributed by atoms with Crippen molar-refractivity contribution in [3.05, 3.63) is 65.0 Å². The second-order valence-electron chi connectivity index (χ2n) is 6.62. The Balaban J connectivity index is 2.14. The van der Waals surface area contributed by atoms with Crippen LogP contribution in [0.25, 0.3) is 0 Å². The van der Waals surface area contributed by atoms with Gasteiger partial charge in [-0.3, -0.25) is 9.59 Å². The smallest absolute Gasteiger partial charge is 0.259 e. The molecule has 4 N–H and O–H groups in total. The molecular formula is C21H25NO5. The maximum absolute atomic E-state index is 12.5. The van der Waals surface area contributed by atoms with E-state index >= 15 is 0 Å². The third-order valence-corrected chi connectivity index (χ3v) is 4.49. The molecule has 6 nitrogen and oxygen atoms in total. The highest BCUT2D eigenvalue weighted by atomic mass is 16.3. The van der Waals surface area contributed by atoms with Gasteiger partial charge in [-0.05, 0) is 37.1 Å². The van der Waals surface area contributed by atoms with Crippen molar-refractivity contribution in [2.45, 2.75) is 32.7 Å². The number of amides is 1. The molecule has 1 saturated heterocycles. The number of carbonyl (C=O) groups is 2. The molecule has 0 aliphatic carbocycles. The molecule has 27 heavy (non-hydrogen) atoms. The van der Waals surface area contributed by atoms with Crippen LogP contribution in [-0.4, -0.2) is 39.7 Å². The van der Waals surface area contributed by atoms with Gasteiger partial charge in [-0.15, -0.1) is 0 Å². The molecule has 0 bridgehead atoms. The minimum Gasteiger partial charge on any atom is -0.508 e. The molecule has 1 aliphatic rings. The summed E-state index contributed by atoms with van der Waals surface area (Å²) in [5.41, 5.74) is 1.35. The van der Waals surface area contributed by atoms with Crippen molar-refractivity contribution in [3.8, 4) is 5.75 Å². The minimum absolute atomic E-state index is 0.0237. The molecule has 1 aromatic carbocycles. The zero-order valence-corrected chi connectivity index (χ0v) is 15.5. The van der Waals surface area contributed by atoms with Crippen molar-refractivity contribution >= 4 is 11.7 Å². The monoisotopic (exact) mass is 371 g/mol. The van der Waals surface area contributed by atoms with Crippen LogP contribution >= 0.6 is 0 Å². The van der Waals surface area contributed by atoms with Gasteiger partial charge in [0.1, 0.15) is 17.1 Å². The number of Topliss-reactive ketones (excluding diaryl/α,β-unsaturated/α-hetero) is 1. The van der Waals surface area contributed by atoms with Gasteiger partial charge in [0, 0.05) is 18.9 Å². The summed E-state index contributed by atoms with van der Waals surface area (Å²) in [5, 5.41) is 31.3. The number of aliphatic hydroxyl groups excluding tert-OH is 2. The number of hydrogen-bond donors (Lipinski definition) is 4. The molecule has 0 saturated carbocycles. The van der Waals surface area contributed by atoms with Crippen LogP contribution in [0.4, 0.5) is 0 Å². The quantitative estimate of drug-likeness (QED) is 0.255. The Hall–Kier alpha value is -2.86. The van der Waals surface area contributed by atoms with E-state index in [2.05, 4.69) is 5.32 Å². The number of rotatable bonds is 7. The van der Waals surface area contributed by atoms with Gasteiger partial charge in [0.05, 0.1) is 6.04 Å². The number of ketones is 1. The molecule has 0 unspecified atom stereocenters. The van der Waals surface area contributed by atoms with Gasteiger partial charge in [-0.1, -0.05) is 36.8 Å². The summed E-state index contributed by atoms with van der Waals surface area (Å²) in [6, 6.07) is 5.63. The number of aliphatic hydroxyl groups is 2. The Morgan fingerprint density at radius 3 is 2.48 bits per heavy atom. The van der Waals surface area contributed by atoms with Crippen molar-refractivity contribution in [1.29, 1.82) is 0 Å². The van der Waals surface area contributed by atoms with Gasteiger partial charge in [-0.25, -0.2) is 0 Å². The van der Waals surface area contributed by atoms with E-state index in [0.29, 0.717) is 0 Å². The number of phenolic OH excluding ortho intramolecular Hbond substituents is 1. The van der Waals surface area contributed by atoms with E-state index in [0.717, 1.165) is 17.6 Å². The third kappa shape index (κ3) is 5.31. The molecule has 144 valence electrons. The maximum Gasteiger partial charge on any atom is 0.259 e. The predicted molar refractivity (Wildman–Crippen MR) is 102 cm³/mol.